The van der Waals surface area contributed by atoms with Gasteiger partial charge >= 0.3 is 0 Å². The zero-order chi connectivity index (χ0) is 15.8. The fourth-order valence-corrected chi connectivity index (χ4v) is 3.50. The number of aromatic nitrogens is 2. The van der Waals surface area contributed by atoms with Gasteiger partial charge in [0.25, 0.3) is 5.22 Å². The van der Waals surface area contributed by atoms with Crippen LogP contribution in [0.15, 0.2) is 58.2 Å². The maximum Gasteiger partial charge on any atom is 0.257 e. The van der Waals surface area contributed by atoms with Gasteiger partial charge in [0, 0.05) is 11.1 Å². The molecule has 4 aromatic rings. The number of thioether (sulfide) groups is 1. The molecule has 0 amide bonds. The molecule has 0 radical (unpaired) electrons. The van der Waals surface area contributed by atoms with E-state index in [-0.39, 0.29) is 0 Å². The summed E-state index contributed by atoms with van der Waals surface area (Å²) in [5, 5.41) is 1.73. The summed E-state index contributed by atoms with van der Waals surface area (Å²) in [6.07, 6.45) is 0. The van der Waals surface area contributed by atoms with E-state index in [0.29, 0.717) is 5.22 Å². The molecule has 4 rings (SSSR count). The number of benzene rings is 2. The van der Waals surface area contributed by atoms with Crippen LogP contribution < -0.4 is 0 Å². The average molecular weight is 320 g/mol. The molecule has 0 unspecified atom stereocenters. The SMILES string of the molecule is Cc1cccc2c1nc(C)c1nc(SCc3ccccc3)oc12. The van der Waals surface area contributed by atoms with Crippen LogP contribution in [-0.4, -0.2) is 9.97 Å². The highest BCUT2D eigenvalue weighted by Gasteiger charge is 2.14. The lowest BCUT2D eigenvalue weighted by atomic mass is 10.1. The van der Waals surface area contributed by atoms with E-state index in [1.54, 1.807) is 11.8 Å². The van der Waals surface area contributed by atoms with Crippen LogP contribution in [0.1, 0.15) is 16.8 Å². The molecule has 3 nitrogen and oxygen atoms in total. The number of nitrogens with zero attached hydrogens (tertiary/aromatic N) is 2. The second kappa shape index (κ2) is 5.70. The first-order valence-corrected chi connectivity index (χ1v) is 8.54. The monoisotopic (exact) mass is 320 g/mol. The Labute approximate surface area is 138 Å². The molecule has 0 aliphatic carbocycles. The van der Waals surface area contributed by atoms with E-state index in [1.165, 1.54) is 5.56 Å². The topological polar surface area (TPSA) is 38.9 Å². The predicted molar refractivity (Wildman–Crippen MR) is 94.8 cm³/mol. The van der Waals surface area contributed by atoms with Crippen LogP contribution >= 0.6 is 11.8 Å². The standard InChI is InChI=1S/C19H16N2OS/c1-12-7-6-10-15-16(12)20-13(2)17-18(15)22-19(21-17)23-11-14-8-4-3-5-9-14/h3-10H,11H2,1-2H3. The van der Waals surface area contributed by atoms with E-state index in [4.69, 9.17) is 9.40 Å². The first kappa shape index (κ1) is 14.3. The molecule has 2 aromatic carbocycles. The third-order valence-corrected chi connectivity index (χ3v) is 4.82. The fourth-order valence-electron chi connectivity index (χ4n) is 2.72. The van der Waals surface area contributed by atoms with Gasteiger partial charge in [0.15, 0.2) is 5.58 Å². The molecule has 2 heterocycles. The van der Waals surface area contributed by atoms with Gasteiger partial charge in [0.2, 0.25) is 0 Å². The van der Waals surface area contributed by atoms with E-state index < -0.39 is 0 Å². The number of para-hydroxylation sites is 1. The zero-order valence-corrected chi connectivity index (χ0v) is 13.9. The summed E-state index contributed by atoms with van der Waals surface area (Å²) < 4.78 is 6.05. The lowest BCUT2D eigenvalue weighted by Crippen LogP contribution is -1.88. The number of hydrogen-bond donors (Lipinski definition) is 0. The lowest BCUT2D eigenvalue weighted by Gasteiger charge is -2.02. The Bertz CT molecular complexity index is 993. The molecule has 0 fully saturated rings. The molecule has 4 heteroatoms. The van der Waals surface area contributed by atoms with Gasteiger partial charge in [-0.05, 0) is 31.0 Å². The van der Waals surface area contributed by atoms with Crippen LogP contribution in [0.5, 0.6) is 0 Å². The molecule has 2 aromatic heterocycles. The highest BCUT2D eigenvalue weighted by Crippen LogP contribution is 2.32. The van der Waals surface area contributed by atoms with Gasteiger partial charge in [-0.2, -0.15) is 0 Å². The summed E-state index contributed by atoms with van der Waals surface area (Å²) in [6, 6.07) is 16.5. The summed E-state index contributed by atoms with van der Waals surface area (Å²) in [4.78, 5) is 9.34. The van der Waals surface area contributed by atoms with Gasteiger partial charge in [0.05, 0.1) is 11.2 Å². The van der Waals surface area contributed by atoms with E-state index in [1.807, 2.05) is 37.3 Å². The smallest absolute Gasteiger partial charge is 0.257 e. The third kappa shape index (κ3) is 2.59. The van der Waals surface area contributed by atoms with Gasteiger partial charge in [0.1, 0.15) is 5.52 Å². The van der Waals surface area contributed by atoms with Gasteiger partial charge in [-0.15, -0.1) is 0 Å². The fraction of sp³-hybridized carbons (Fsp3) is 0.158. The molecular formula is C19H16N2OS. The van der Waals surface area contributed by atoms with Crippen molar-refractivity contribution in [3.63, 3.8) is 0 Å². The van der Waals surface area contributed by atoms with Crippen molar-refractivity contribution < 1.29 is 4.42 Å². The van der Waals surface area contributed by atoms with Gasteiger partial charge in [-0.1, -0.05) is 54.2 Å². The zero-order valence-electron chi connectivity index (χ0n) is 13.0. The van der Waals surface area contributed by atoms with E-state index >= 15 is 0 Å². The maximum atomic E-state index is 6.05. The Morgan fingerprint density at radius 2 is 1.74 bits per heavy atom. The van der Waals surface area contributed by atoms with Crippen molar-refractivity contribution in [2.24, 2.45) is 0 Å². The second-order valence-electron chi connectivity index (χ2n) is 5.60. The summed E-state index contributed by atoms with van der Waals surface area (Å²) in [7, 11) is 0. The van der Waals surface area contributed by atoms with Gasteiger partial charge in [-0.25, -0.2) is 4.98 Å². The van der Waals surface area contributed by atoms with Gasteiger partial charge < -0.3 is 4.42 Å². The molecule has 0 bridgehead atoms. The van der Waals surface area contributed by atoms with Crippen LogP contribution in [0.2, 0.25) is 0 Å². The molecule has 0 spiro atoms. The van der Waals surface area contributed by atoms with Crippen molar-refractivity contribution >= 4 is 33.8 Å². The molecule has 23 heavy (non-hydrogen) atoms. The van der Waals surface area contributed by atoms with Crippen molar-refractivity contribution in [1.29, 1.82) is 0 Å². The molecular weight excluding hydrogens is 304 g/mol. The quantitative estimate of drug-likeness (QED) is 0.481. The summed E-state index contributed by atoms with van der Waals surface area (Å²) >= 11 is 1.62. The number of aryl methyl sites for hydroxylation is 2. The molecule has 0 atom stereocenters. The predicted octanol–water partition coefficient (Wildman–Crippen LogP) is 5.29. The molecule has 114 valence electrons. The van der Waals surface area contributed by atoms with Crippen molar-refractivity contribution in [3.8, 4) is 0 Å². The maximum absolute atomic E-state index is 6.05. The van der Waals surface area contributed by atoms with Crippen molar-refractivity contribution in [1.82, 2.24) is 9.97 Å². The van der Waals surface area contributed by atoms with Crippen molar-refractivity contribution in [3.05, 3.63) is 65.4 Å². The Morgan fingerprint density at radius 3 is 2.57 bits per heavy atom. The highest BCUT2D eigenvalue weighted by molar-refractivity contribution is 7.98. The minimum atomic E-state index is 0.697. The lowest BCUT2D eigenvalue weighted by molar-refractivity contribution is 0.491. The Balaban J connectivity index is 1.77. The number of pyridine rings is 1. The first-order valence-electron chi connectivity index (χ1n) is 7.55. The molecule has 0 aliphatic rings. The Hall–Kier alpha value is -2.33. The Kier molecular flexibility index (Phi) is 3.54. The number of hydrogen-bond acceptors (Lipinski definition) is 4. The van der Waals surface area contributed by atoms with Crippen LogP contribution in [-0.2, 0) is 5.75 Å². The van der Waals surface area contributed by atoms with E-state index in [0.717, 1.165) is 39.0 Å². The summed E-state index contributed by atoms with van der Waals surface area (Å²) in [6.45, 7) is 4.06. The highest BCUT2D eigenvalue weighted by atomic mass is 32.2. The number of oxazole rings is 1. The normalized spacial score (nSPS) is 11.4. The molecule has 0 aliphatic heterocycles. The van der Waals surface area contributed by atoms with E-state index in [2.05, 4.69) is 30.1 Å². The number of fused-ring (bicyclic) bond motifs is 3. The van der Waals surface area contributed by atoms with Gasteiger partial charge in [-0.3, -0.25) is 4.98 Å². The molecule has 0 saturated carbocycles. The molecule has 0 N–H and O–H groups in total. The minimum Gasteiger partial charge on any atom is -0.431 e. The van der Waals surface area contributed by atoms with Crippen molar-refractivity contribution in [2.75, 3.05) is 0 Å². The summed E-state index contributed by atoms with van der Waals surface area (Å²) in [5.74, 6) is 0.844. The number of rotatable bonds is 3. The Morgan fingerprint density at radius 1 is 0.913 bits per heavy atom. The van der Waals surface area contributed by atoms with Crippen molar-refractivity contribution in [2.45, 2.75) is 24.8 Å². The van der Waals surface area contributed by atoms with Crippen LogP contribution in [0, 0.1) is 13.8 Å². The first-order chi connectivity index (χ1) is 11.2. The minimum absolute atomic E-state index is 0.697. The average Bonchev–Trinajstić information content (AvgIpc) is 3.00. The van der Waals surface area contributed by atoms with Crippen LogP contribution in [0.4, 0.5) is 0 Å². The van der Waals surface area contributed by atoms with E-state index in [9.17, 15) is 0 Å². The third-order valence-electron chi connectivity index (χ3n) is 3.92. The summed E-state index contributed by atoms with van der Waals surface area (Å²) in [5.41, 5.74) is 6.02. The second-order valence-corrected chi connectivity index (χ2v) is 6.53. The largest absolute Gasteiger partial charge is 0.431 e. The molecule has 0 saturated heterocycles. The van der Waals surface area contributed by atoms with Crippen LogP contribution in [0.3, 0.4) is 0 Å². The van der Waals surface area contributed by atoms with Crippen LogP contribution in [0.25, 0.3) is 22.0 Å².